The van der Waals surface area contributed by atoms with Crippen LogP contribution in [0.2, 0.25) is 5.02 Å². The molecule has 0 N–H and O–H groups in total. The summed E-state index contributed by atoms with van der Waals surface area (Å²) in [4.78, 5) is 51.6. The third-order valence-electron chi connectivity index (χ3n) is 7.15. The zero-order valence-electron chi connectivity index (χ0n) is 17.3. The maximum Gasteiger partial charge on any atom is 0.326 e. The molecule has 3 fully saturated rings. The van der Waals surface area contributed by atoms with E-state index in [2.05, 4.69) is 12.1 Å². The fourth-order valence-corrected chi connectivity index (χ4v) is 5.93. The van der Waals surface area contributed by atoms with E-state index in [1.54, 1.807) is 24.3 Å². The summed E-state index contributed by atoms with van der Waals surface area (Å²) in [5.41, 5.74) is 1.57. The van der Waals surface area contributed by atoms with Gasteiger partial charge in [-0.15, -0.1) is 0 Å². The van der Waals surface area contributed by atoms with Gasteiger partial charge in [-0.2, -0.15) is 0 Å². The number of amides is 2. The standard InChI is InChI=1S/C25H22ClNO5/c26-17-8-6-15(7-9-17)20(28)13-32-21(29)12-27-24(30)22-16-10-18(14-4-2-1-3-5-14)19(11-16)23(22)25(27)31/h1-9,16,18-19,22-23H,10-13H2/t16-,18+,19-,22+,23+/m0/s1. The van der Waals surface area contributed by atoms with Crippen LogP contribution < -0.4 is 0 Å². The third-order valence-corrected chi connectivity index (χ3v) is 7.40. The number of nitrogens with zero attached hydrogens (tertiary/aromatic N) is 1. The molecular formula is C25H22ClNO5. The number of Topliss-reactive ketones (excluding diaryl/α,β-unsaturated/α-hetero) is 1. The monoisotopic (exact) mass is 451 g/mol. The highest BCUT2D eigenvalue weighted by Gasteiger charge is 2.64. The van der Waals surface area contributed by atoms with Crippen LogP contribution in [0.3, 0.4) is 0 Å². The van der Waals surface area contributed by atoms with Gasteiger partial charge in [0.1, 0.15) is 6.54 Å². The average Bonchev–Trinajstić information content (AvgIpc) is 3.46. The van der Waals surface area contributed by atoms with E-state index in [9.17, 15) is 19.2 Å². The predicted octanol–water partition coefficient (Wildman–Crippen LogP) is 3.49. The van der Waals surface area contributed by atoms with E-state index in [0.717, 1.165) is 17.7 Å². The van der Waals surface area contributed by atoms with Crippen molar-refractivity contribution in [3.8, 4) is 0 Å². The van der Waals surface area contributed by atoms with Gasteiger partial charge in [-0.1, -0.05) is 41.9 Å². The number of hydrogen-bond donors (Lipinski definition) is 0. The molecule has 6 nitrogen and oxygen atoms in total. The number of carbonyl (C=O) groups excluding carboxylic acids is 4. The zero-order valence-corrected chi connectivity index (χ0v) is 18.0. The minimum atomic E-state index is -0.763. The molecule has 2 aromatic carbocycles. The number of hydrogen-bond acceptors (Lipinski definition) is 5. The predicted molar refractivity (Wildman–Crippen MR) is 116 cm³/mol. The maximum absolute atomic E-state index is 13.1. The lowest BCUT2D eigenvalue weighted by molar-refractivity contribution is -0.152. The topological polar surface area (TPSA) is 80.8 Å². The van der Waals surface area contributed by atoms with E-state index in [0.29, 0.717) is 10.6 Å². The molecule has 1 aliphatic heterocycles. The van der Waals surface area contributed by atoms with Gasteiger partial charge in [0.15, 0.2) is 12.4 Å². The maximum atomic E-state index is 13.1. The summed E-state index contributed by atoms with van der Waals surface area (Å²) in [5, 5.41) is 0.499. The molecule has 3 aliphatic rings. The van der Waals surface area contributed by atoms with Gasteiger partial charge in [0.05, 0.1) is 11.8 Å². The smallest absolute Gasteiger partial charge is 0.326 e. The van der Waals surface area contributed by atoms with Crippen LogP contribution in [-0.2, 0) is 19.1 Å². The molecule has 0 unspecified atom stereocenters. The fourth-order valence-electron chi connectivity index (χ4n) is 5.80. The Hall–Kier alpha value is -2.99. The Morgan fingerprint density at radius 3 is 2.34 bits per heavy atom. The van der Waals surface area contributed by atoms with Crippen molar-refractivity contribution in [2.75, 3.05) is 13.2 Å². The third kappa shape index (κ3) is 3.52. The van der Waals surface area contributed by atoms with Crippen LogP contribution in [0.4, 0.5) is 0 Å². The van der Waals surface area contributed by atoms with Crippen molar-refractivity contribution in [2.45, 2.75) is 18.8 Å². The highest BCUT2D eigenvalue weighted by atomic mass is 35.5. The molecule has 2 amide bonds. The van der Waals surface area contributed by atoms with Crippen molar-refractivity contribution in [2.24, 2.45) is 23.7 Å². The molecule has 32 heavy (non-hydrogen) atoms. The number of carbonyl (C=O) groups is 4. The number of halogens is 1. The Kier molecular flexibility index (Phi) is 5.33. The van der Waals surface area contributed by atoms with Crippen molar-refractivity contribution in [1.82, 2.24) is 4.90 Å². The Bertz CT molecular complexity index is 1080. The molecule has 1 saturated heterocycles. The lowest BCUT2D eigenvalue weighted by Crippen LogP contribution is -2.38. The summed E-state index contributed by atoms with van der Waals surface area (Å²) in [7, 11) is 0. The van der Waals surface area contributed by atoms with Crippen molar-refractivity contribution >= 4 is 35.2 Å². The van der Waals surface area contributed by atoms with Crippen molar-refractivity contribution < 1.29 is 23.9 Å². The summed E-state index contributed by atoms with van der Waals surface area (Å²) in [6, 6.07) is 16.4. The number of ether oxygens (including phenoxy) is 1. The summed E-state index contributed by atoms with van der Waals surface area (Å²) in [6.07, 6.45) is 1.77. The SMILES string of the molecule is O=C(CN1C(=O)[C@@H]2[C@@H]3C[C@H]([C@H]2C1=O)[C@@H](c1ccccc1)C3)OCC(=O)c1ccc(Cl)cc1. The first kappa shape index (κ1) is 20.9. The molecular weight excluding hydrogens is 430 g/mol. The Morgan fingerprint density at radius 1 is 0.938 bits per heavy atom. The molecule has 2 saturated carbocycles. The minimum absolute atomic E-state index is 0.122. The van der Waals surface area contributed by atoms with Gasteiger partial charge in [0.25, 0.3) is 0 Å². The highest BCUT2D eigenvalue weighted by Crippen LogP contribution is 2.61. The van der Waals surface area contributed by atoms with Crippen molar-refractivity contribution in [3.05, 3.63) is 70.7 Å². The van der Waals surface area contributed by atoms with Crippen LogP contribution in [-0.4, -0.2) is 41.6 Å². The average molecular weight is 452 g/mol. The van der Waals surface area contributed by atoms with E-state index < -0.39 is 19.1 Å². The largest absolute Gasteiger partial charge is 0.456 e. The van der Waals surface area contributed by atoms with Crippen LogP contribution in [0.15, 0.2) is 54.6 Å². The van der Waals surface area contributed by atoms with E-state index in [4.69, 9.17) is 16.3 Å². The summed E-state index contributed by atoms with van der Waals surface area (Å²) in [5.74, 6) is -1.85. The van der Waals surface area contributed by atoms with Crippen LogP contribution in [0, 0.1) is 23.7 Å². The second kappa shape index (κ2) is 8.17. The Balaban J connectivity index is 1.22. The molecule has 2 bridgehead atoms. The number of rotatable bonds is 6. The first-order chi connectivity index (χ1) is 15.4. The molecule has 7 heteroatoms. The van der Waals surface area contributed by atoms with Crippen LogP contribution in [0.5, 0.6) is 0 Å². The number of esters is 1. The van der Waals surface area contributed by atoms with Gasteiger partial charge >= 0.3 is 5.97 Å². The molecule has 2 aromatic rings. The lowest BCUT2D eigenvalue weighted by Gasteiger charge is -2.28. The number of benzene rings is 2. The number of likely N-dealkylation sites (tertiary alicyclic amines) is 1. The quantitative estimate of drug-likeness (QED) is 0.381. The van der Waals surface area contributed by atoms with Gasteiger partial charge in [0, 0.05) is 10.6 Å². The van der Waals surface area contributed by atoms with Crippen LogP contribution >= 0.6 is 11.6 Å². The van der Waals surface area contributed by atoms with Crippen LogP contribution in [0.1, 0.15) is 34.7 Å². The van der Waals surface area contributed by atoms with Crippen molar-refractivity contribution in [1.29, 1.82) is 0 Å². The van der Waals surface area contributed by atoms with Crippen LogP contribution in [0.25, 0.3) is 0 Å². The van der Waals surface area contributed by atoms with E-state index in [-0.39, 0.29) is 47.2 Å². The first-order valence-electron chi connectivity index (χ1n) is 10.8. The Labute approximate surface area is 190 Å². The molecule has 0 radical (unpaired) electrons. The number of ketones is 1. The fraction of sp³-hybridized carbons (Fsp3) is 0.360. The molecule has 164 valence electrons. The normalized spacial score (nSPS) is 28.2. The summed E-state index contributed by atoms with van der Waals surface area (Å²) >= 11 is 5.81. The highest BCUT2D eigenvalue weighted by molar-refractivity contribution is 6.30. The number of imide groups is 1. The van der Waals surface area contributed by atoms with E-state index in [1.165, 1.54) is 5.56 Å². The summed E-state index contributed by atoms with van der Waals surface area (Å²) < 4.78 is 5.06. The first-order valence-corrected chi connectivity index (χ1v) is 11.2. The molecule has 0 spiro atoms. The number of fused-ring (bicyclic) bond motifs is 5. The van der Waals surface area contributed by atoms with E-state index in [1.807, 2.05) is 18.2 Å². The second-order valence-corrected chi connectivity index (χ2v) is 9.25. The molecule has 0 aromatic heterocycles. The molecule has 5 atom stereocenters. The van der Waals surface area contributed by atoms with Gasteiger partial charge in [-0.05, 0) is 60.4 Å². The zero-order chi connectivity index (χ0) is 22.4. The summed E-state index contributed by atoms with van der Waals surface area (Å²) in [6.45, 7) is -0.904. The van der Waals surface area contributed by atoms with Gasteiger partial charge < -0.3 is 4.74 Å². The van der Waals surface area contributed by atoms with Gasteiger partial charge in [0.2, 0.25) is 11.8 Å². The second-order valence-electron chi connectivity index (χ2n) is 8.82. The minimum Gasteiger partial charge on any atom is -0.456 e. The van der Waals surface area contributed by atoms with Gasteiger partial charge in [-0.3, -0.25) is 24.1 Å². The van der Waals surface area contributed by atoms with Crippen molar-refractivity contribution in [3.63, 3.8) is 0 Å². The van der Waals surface area contributed by atoms with Gasteiger partial charge in [-0.25, -0.2) is 0 Å². The lowest BCUT2D eigenvalue weighted by atomic mass is 9.73. The molecule has 5 rings (SSSR count). The Morgan fingerprint density at radius 2 is 1.62 bits per heavy atom. The molecule has 1 heterocycles. The van der Waals surface area contributed by atoms with E-state index >= 15 is 0 Å². The molecule has 2 aliphatic carbocycles.